The largest absolute Gasteiger partial charge is 0.352 e. The van der Waals surface area contributed by atoms with Gasteiger partial charge in [0.15, 0.2) is 0 Å². The highest BCUT2D eigenvalue weighted by Gasteiger charge is 2.22. The third-order valence-corrected chi connectivity index (χ3v) is 3.56. The van der Waals surface area contributed by atoms with E-state index in [0.717, 1.165) is 31.5 Å². The maximum atomic E-state index is 12.0. The summed E-state index contributed by atoms with van der Waals surface area (Å²) in [5.74, 6) is 0.251. The van der Waals surface area contributed by atoms with Crippen molar-refractivity contribution < 1.29 is 9.59 Å². The van der Waals surface area contributed by atoms with E-state index in [2.05, 4.69) is 17.2 Å². The first-order chi connectivity index (χ1) is 9.65. The lowest BCUT2D eigenvalue weighted by molar-refractivity contribution is -0.137. The Kier molecular flexibility index (Phi) is 5.09. The summed E-state index contributed by atoms with van der Waals surface area (Å²) in [6, 6.07) is 3.68. The van der Waals surface area contributed by atoms with Crippen LogP contribution < -0.4 is 5.32 Å². The number of nitrogens with one attached hydrogen (secondary N) is 1. The van der Waals surface area contributed by atoms with Crippen molar-refractivity contribution in [3.05, 3.63) is 30.1 Å². The topological polar surface area (TPSA) is 62.3 Å². The Labute approximate surface area is 119 Å². The molecule has 0 spiro atoms. The van der Waals surface area contributed by atoms with Gasteiger partial charge in [0.25, 0.3) is 0 Å². The van der Waals surface area contributed by atoms with Crippen LogP contribution in [0.3, 0.4) is 0 Å². The summed E-state index contributed by atoms with van der Waals surface area (Å²) in [5.41, 5.74) is 0.979. The van der Waals surface area contributed by atoms with Crippen molar-refractivity contribution in [1.82, 2.24) is 15.2 Å². The van der Waals surface area contributed by atoms with Crippen LogP contribution >= 0.6 is 0 Å². The molecular formula is C15H21N3O2. The van der Waals surface area contributed by atoms with E-state index >= 15 is 0 Å². The van der Waals surface area contributed by atoms with Gasteiger partial charge in [0.2, 0.25) is 11.8 Å². The van der Waals surface area contributed by atoms with Gasteiger partial charge in [0, 0.05) is 32.0 Å². The highest BCUT2D eigenvalue weighted by Crippen LogP contribution is 2.16. The monoisotopic (exact) mass is 275 g/mol. The van der Waals surface area contributed by atoms with Crippen molar-refractivity contribution >= 4 is 11.8 Å². The number of rotatable bonds is 4. The van der Waals surface area contributed by atoms with Crippen LogP contribution in [-0.4, -0.2) is 34.8 Å². The first kappa shape index (κ1) is 14.5. The third-order valence-electron chi connectivity index (χ3n) is 3.56. The molecule has 2 heterocycles. The maximum absolute atomic E-state index is 12.0. The van der Waals surface area contributed by atoms with Gasteiger partial charge in [-0.25, -0.2) is 0 Å². The summed E-state index contributed by atoms with van der Waals surface area (Å²) in [5, 5.41) is 2.77. The molecule has 0 saturated carbocycles. The van der Waals surface area contributed by atoms with Crippen LogP contribution in [0.15, 0.2) is 24.5 Å². The van der Waals surface area contributed by atoms with Crippen molar-refractivity contribution in [3.63, 3.8) is 0 Å². The Morgan fingerprint density at radius 1 is 1.40 bits per heavy atom. The van der Waals surface area contributed by atoms with Gasteiger partial charge in [-0.05, 0) is 36.5 Å². The first-order valence-electron chi connectivity index (χ1n) is 7.08. The molecule has 0 aliphatic carbocycles. The molecule has 0 aromatic carbocycles. The van der Waals surface area contributed by atoms with Gasteiger partial charge >= 0.3 is 0 Å². The molecule has 1 N–H and O–H groups in total. The second kappa shape index (κ2) is 7.03. The molecule has 108 valence electrons. The van der Waals surface area contributed by atoms with E-state index in [0.29, 0.717) is 12.5 Å². The van der Waals surface area contributed by atoms with Crippen LogP contribution in [0.25, 0.3) is 0 Å². The number of carbonyl (C=O) groups excluding carboxylic acids is 2. The zero-order valence-corrected chi connectivity index (χ0v) is 11.8. The molecule has 1 aliphatic heterocycles. The Bertz CT molecular complexity index is 461. The molecule has 1 atom stereocenters. The lowest BCUT2D eigenvalue weighted by atomic mass is 10.00. The summed E-state index contributed by atoms with van der Waals surface area (Å²) in [7, 11) is 0. The number of amides is 2. The lowest BCUT2D eigenvalue weighted by Gasteiger charge is -2.30. The zero-order chi connectivity index (χ0) is 14.4. The Balaban J connectivity index is 1.75. The highest BCUT2D eigenvalue weighted by atomic mass is 16.2. The second-order valence-corrected chi connectivity index (χ2v) is 5.40. The van der Waals surface area contributed by atoms with Crippen LogP contribution in [-0.2, 0) is 16.1 Å². The number of aromatic nitrogens is 1. The average Bonchev–Trinajstić information content (AvgIpc) is 2.46. The minimum atomic E-state index is -0.218. The quantitative estimate of drug-likeness (QED) is 0.844. The summed E-state index contributed by atoms with van der Waals surface area (Å²) in [6.45, 7) is 4.13. The second-order valence-electron chi connectivity index (χ2n) is 5.40. The normalized spacial score (nSPS) is 18.6. The lowest BCUT2D eigenvalue weighted by Crippen LogP contribution is -2.41. The van der Waals surface area contributed by atoms with Crippen molar-refractivity contribution in [2.75, 3.05) is 13.1 Å². The van der Waals surface area contributed by atoms with E-state index in [4.69, 9.17) is 0 Å². The molecule has 20 heavy (non-hydrogen) atoms. The number of hydrogen-bond acceptors (Lipinski definition) is 3. The molecule has 0 bridgehead atoms. The fourth-order valence-corrected chi connectivity index (χ4v) is 2.43. The average molecular weight is 275 g/mol. The minimum Gasteiger partial charge on any atom is -0.352 e. The number of nitrogens with zero attached hydrogens (tertiary/aromatic N) is 2. The van der Waals surface area contributed by atoms with Crippen LogP contribution in [0.2, 0.25) is 0 Å². The third kappa shape index (κ3) is 4.33. The summed E-state index contributed by atoms with van der Waals surface area (Å²) >= 11 is 0. The SMILES string of the molecule is CC1CCCN(C(=O)CC(=O)NCc2ccncc2)C1. The van der Waals surface area contributed by atoms with E-state index in [1.807, 2.05) is 12.1 Å². The van der Waals surface area contributed by atoms with Crippen LogP contribution in [0.4, 0.5) is 0 Å². The molecule has 5 heteroatoms. The van der Waals surface area contributed by atoms with Gasteiger partial charge in [-0.3, -0.25) is 14.6 Å². The molecule has 1 unspecified atom stereocenters. The van der Waals surface area contributed by atoms with Crippen LogP contribution in [0, 0.1) is 5.92 Å². The van der Waals surface area contributed by atoms with Crippen molar-refractivity contribution in [2.45, 2.75) is 32.7 Å². The van der Waals surface area contributed by atoms with Crippen molar-refractivity contribution in [2.24, 2.45) is 5.92 Å². The Morgan fingerprint density at radius 2 is 2.15 bits per heavy atom. The molecule has 1 aromatic rings. The zero-order valence-electron chi connectivity index (χ0n) is 11.8. The molecule has 1 aliphatic rings. The van der Waals surface area contributed by atoms with E-state index in [-0.39, 0.29) is 18.2 Å². The molecule has 0 radical (unpaired) electrons. The summed E-state index contributed by atoms with van der Waals surface area (Å²) < 4.78 is 0. The molecule has 2 amide bonds. The van der Waals surface area contributed by atoms with Gasteiger partial charge in [-0.1, -0.05) is 6.92 Å². The van der Waals surface area contributed by atoms with Gasteiger partial charge in [0.05, 0.1) is 0 Å². The fraction of sp³-hybridized carbons (Fsp3) is 0.533. The predicted molar refractivity (Wildman–Crippen MR) is 75.7 cm³/mol. The number of piperidine rings is 1. The van der Waals surface area contributed by atoms with Crippen molar-refractivity contribution in [1.29, 1.82) is 0 Å². The van der Waals surface area contributed by atoms with Crippen LogP contribution in [0.1, 0.15) is 31.7 Å². The molecule has 1 fully saturated rings. The number of pyridine rings is 1. The van der Waals surface area contributed by atoms with Gasteiger partial charge in [-0.15, -0.1) is 0 Å². The minimum absolute atomic E-state index is 0.0577. The van der Waals surface area contributed by atoms with Gasteiger partial charge < -0.3 is 10.2 Å². The Morgan fingerprint density at radius 3 is 2.85 bits per heavy atom. The maximum Gasteiger partial charge on any atom is 0.232 e. The van der Waals surface area contributed by atoms with E-state index < -0.39 is 0 Å². The standard InChI is InChI=1S/C15H21N3O2/c1-12-3-2-8-18(11-12)15(20)9-14(19)17-10-13-4-6-16-7-5-13/h4-7,12H,2-3,8-11H2,1H3,(H,17,19). The van der Waals surface area contributed by atoms with Gasteiger partial charge in [0.1, 0.15) is 6.42 Å². The number of carbonyl (C=O) groups is 2. The van der Waals surface area contributed by atoms with E-state index in [1.54, 1.807) is 17.3 Å². The molecule has 2 rings (SSSR count). The fourth-order valence-electron chi connectivity index (χ4n) is 2.43. The summed E-state index contributed by atoms with van der Waals surface area (Å²) in [6.07, 6.45) is 5.50. The molecule has 1 saturated heterocycles. The first-order valence-corrected chi connectivity index (χ1v) is 7.08. The Hall–Kier alpha value is -1.91. The summed E-state index contributed by atoms with van der Waals surface area (Å²) in [4.78, 5) is 29.5. The predicted octanol–water partition coefficient (Wildman–Crippen LogP) is 1.35. The molecule has 5 nitrogen and oxygen atoms in total. The molecular weight excluding hydrogens is 254 g/mol. The van der Waals surface area contributed by atoms with Crippen molar-refractivity contribution in [3.8, 4) is 0 Å². The van der Waals surface area contributed by atoms with Crippen LogP contribution in [0.5, 0.6) is 0 Å². The van der Waals surface area contributed by atoms with Gasteiger partial charge in [-0.2, -0.15) is 0 Å². The van der Waals surface area contributed by atoms with E-state index in [9.17, 15) is 9.59 Å². The number of hydrogen-bond donors (Lipinski definition) is 1. The highest BCUT2D eigenvalue weighted by molar-refractivity contribution is 5.96. The number of likely N-dealkylation sites (tertiary alicyclic amines) is 1. The smallest absolute Gasteiger partial charge is 0.232 e. The molecule has 1 aromatic heterocycles. The van der Waals surface area contributed by atoms with E-state index in [1.165, 1.54) is 0 Å².